The molecule has 210 valence electrons. The number of rotatable bonds is 9. The van der Waals surface area contributed by atoms with Crippen molar-refractivity contribution in [3.05, 3.63) is 89.0 Å². The quantitative estimate of drug-likeness (QED) is 0.332. The van der Waals surface area contributed by atoms with Gasteiger partial charge in [0.05, 0.1) is 26.7 Å². The SMILES string of the molecule is COc1ccc(CN2C(=O)CCC(c3ccc(OCc4ccc([C@H]5CCCN(C)C5)cc4)cc3)C2=O)cc1OC. The largest absolute Gasteiger partial charge is 0.493 e. The lowest BCUT2D eigenvalue weighted by Crippen LogP contribution is -2.43. The Bertz CT molecular complexity index is 1320. The second kappa shape index (κ2) is 12.6. The molecular formula is C33H38N2O5. The van der Waals surface area contributed by atoms with E-state index in [1.54, 1.807) is 26.4 Å². The molecule has 3 aromatic carbocycles. The number of hydrogen-bond donors (Lipinski definition) is 0. The first kappa shape index (κ1) is 27.7. The summed E-state index contributed by atoms with van der Waals surface area (Å²) < 4.78 is 16.7. The van der Waals surface area contributed by atoms with Crippen LogP contribution in [0.2, 0.25) is 0 Å². The lowest BCUT2D eigenvalue weighted by atomic mass is 9.89. The second-order valence-electron chi connectivity index (χ2n) is 10.8. The highest BCUT2D eigenvalue weighted by molar-refractivity contribution is 6.01. The van der Waals surface area contributed by atoms with Crippen molar-refractivity contribution in [2.24, 2.45) is 0 Å². The number of likely N-dealkylation sites (tertiary alicyclic amines) is 2. The predicted molar refractivity (Wildman–Crippen MR) is 154 cm³/mol. The van der Waals surface area contributed by atoms with Crippen LogP contribution in [0.3, 0.4) is 0 Å². The highest BCUT2D eigenvalue weighted by Gasteiger charge is 2.35. The summed E-state index contributed by atoms with van der Waals surface area (Å²) in [5, 5.41) is 0. The molecular weight excluding hydrogens is 504 g/mol. The van der Waals surface area contributed by atoms with Crippen LogP contribution < -0.4 is 14.2 Å². The van der Waals surface area contributed by atoms with Gasteiger partial charge < -0.3 is 19.1 Å². The van der Waals surface area contributed by atoms with E-state index >= 15 is 0 Å². The average molecular weight is 543 g/mol. The highest BCUT2D eigenvalue weighted by atomic mass is 16.5. The van der Waals surface area contributed by atoms with Gasteiger partial charge in [0.1, 0.15) is 12.4 Å². The van der Waals surface area contributed by atoms with Gasteiger partial charge in [0, 0.05) is 13.0 Å². The summed E-state index contributed by atoms with van der Waals surface area (Å²) in [5.74, 6) is 1.83. The van der Waals surface area contributed by atoms with Gasteiger partial charge in [-0.1, -0.05) is 42.5 Å². The minimum absolute atomic E-state index is 0.155. The number of imide groups is 1. The number of benzene rings is 3. The molecule has 0 radical (unpaired) electrons. The first-order valence-electron chi connectivity index (χ1n) is 14.0. The van der Waals surface area contributed by atoms with Gasteiger partial charge >= 0.3 is 0 Å². The van der Waals surface area contributed by atoms with E-state index in [9.17, 15) is 9.59 Å². The minimum Gasteiger partial charge on any atom is -0.493 e. The summed E-state index contributed by atoms with van der Waals surface area (Å²) in [6.45, 7) is 2.99. The lowest BCUT2D eigenvalue weighted by Gasteiger charge is -2.31. The Labute approximate surface area is 236 Å². The van der Waals surface area contributed by atoms with Gasteiger partial charge in [-0.25, -0.2) is 0 Å². The van der Waals surface area contributed by atoms with E-state index in [1.807, 2.05) is 30.3 Å². The van der Waals surface area contributed by atoms with Crippen molar-refractivity contribution in [1.82, 2.24) is 9.80 Å². The maximum absolute atomic E-state index is 13.4. The van der Waals surface area contributed by atoms with Crippen molar-refractivity contribution < 1.29 is 23.8 Å². The molecule has 2 amide bonds. The molecule has 7 nitrogen and oxygen atoms in total. The van der Waals surface area contributed by atoms with Crippen molar-refractivity contribution >= 4 is 11.8 Å². The van der Waals surface area contributed by atoms with Gasteiger partial charge in [-0.05, 0) is 85.3 Å². The summed E-state index contributed by atoms with van der Waals surface area (Å²) >= 11 is 0. The molecule has 2 fully saturated rings. The summed E-state index contributed by atoms with van der Waals surface area (Å²) in [6, 6.07) is 21.9. The molecule has 40 heavy (non-hydrogen) atoms. The molecule has 0 aliphatic carbocycles. The van der Waals surface area contributed by atoms with Gasteiger partial charge in [0.15, 0.2) is 11.5 Å². The van der Waals surface area contributed by atoms with Crippen molar-refractivity contribution in [3.63, 3.8) is 0 Å². The zero-order chi connectivity index (χ0) is 28.1. The van der Waals surface area contributed by atoms with Crippen LogP contribution in [0.25, 0.3) is 0 Å². The molecule has 3 aromatic rings. The molecule has 2 atom stereocenters. The molecule has 0 bridgehead atoms. The van der Waals surface area contributed by atoms with Gasteiger partial charge in [-0.3, -0.25) is 14.5 Å². The molecule has 2 heterocycles. The van der Waals surface area contributed by atoms with Crippen LogP contribution in [0, 0.1) is 0 Å². The Balaban J connectivity index is 1.19. The Hall–Kier alpha value is -3.84. The maximum atomic E-state index is 13.4. The fraction of sp³-hybridized carbons (Fsp3) is 0.394. The van der Waals surface area contributed by atoms with E-state index in [2.05, 4.69) is 36.2 Å². The Morgan fingerprint density at radius 3 is 2.23 bits per heavy atom. The van der Waals surface area contributed by atoms with Crippen LogP contribution in [0.15, 0.2) is 66.7 Å². The molecule has 2 aliphatic rings. The molecule has 0 spiro atoms. The standard InChI is InChI=1S/C33H38N2O5/c1-34-18-4-5-27(21-34)25-9-6-23(7-10-25)22-40-28-13-11-26(12-14-28)29-15-17-32(36)35(33(29)37)20-24-8-16-30(38-2)31(19-24)39-3/h6-14,16,19,27,29H,4-5,15,17-18,20-22H2,1-3H3/t27-,29?/m0/s1. The number of piperidine rings is 2. The molecule has 0 aromatic heterocycles. The first-order chi connectivity index (χ1) is 19.4. The Morgan fingerprint density at radius 1 is 0.825 bits per heavy atom. The summed E-state index contributed by atoms with van der Waals surface area (Å²) in [6.07, 6.45) is 3.33. The van der Waals surface area contributed by atoms with E-state index in [-0.39, 0.29) is 24.3 Å². The van der Waals surface area contributed by atoms with Crippen molar-refractivity contribution in [2.75, 3.05) is 34.4 Å². The van der Waals surface area contributed by atoms with E-state index in [0.29, 0.717) is 36.9 Å². The van der Waals surface area contributed by atoms with Gasteiger partial charge in [0.25, 0.3) is 0 Å². The predicted octanol–water partition coefficient (Wildman–Crippen LogP) is 5.52. The second-order valence-corrected chi connectivity index (χ2v) is 10.8. The van der Waals surface area contributed by atoms with Crippen LogP contribution in [0.1, 0.15) is 59.8 Å². The molecule has 2 aliphatic heterocycles. The van der Waals surface area contributed by atoms with Crippen LogP contribution in [-0.2, 0) is 22.7 Å². The summed E-state index contributed by atoms with van der Waals surface area (Å²) in [7, 11) is 5.33. The zero-order valence-electron chi connectivity index (χ0n) is 23.6. The van der Waals surface area contributed by atoms with Crippen LogP contribution in [0.5, 0.6) is 17.2 Å². The van der Waals surface area contributed by atoms with Crippen molar-refractivity contribution in [2.45, 2.75) is 50.7 Å². The van der Waals surface area contributed by atoms with E-state index in [0.717, 1.165) is 29.0 Å². The summed E-state index contributed by atoms with van der Waals surface area (Å²) in [5.41, 5.74) is 4.23. The third-order valence-electron chi connectivity index (χ3n) is 8.06. The Kier molecular flexibility index (Phi) is 8.70. The zero-order valence-corrected chi connectivity index (χ0v) is 23.6. The average Bonchev–Trinajstić information content (AvgIpc) is 2.99. The molecule has 5 rings (SSSR count). The van der Waals surface area contributed by atoms with E-state index in [4.69, 9.17) is 14.2 Å². The third-order valence-corrected chi connectivity index (χ3v) is 8.06. The van der Waals surface area contributed by atoms with Gasteiger partial charge in [-0.2, -0.15) is 0 Å². The minimum atomic E-state index is -0.363. The molecule has 7 heteroatoms. The molecule has 0 N–H and O–H groups in total. The van der Waals surface area contributed by atoms with Crippen molar-refractivity contribution in [1.29, 1.82) is 0 Å². The van der Waals surface area contributed by atoms with Gasteiger partial charge in [0.2, 0.25) is 11.8 Å². The van der Waals surface area contributed by atoms with Crippen LogP contribution in [-0.4, -0.2) is 56.0 Å². The lowest BCUT2D eigenvalue weighted by molar-refractivity contribution is -0.150. The molecule has 2 saturated heterocycles. The number of likely N-dealkylation sites (N-methyl/N-ethyl adjacent to an activating group) is 1. The number of ether oxygens (including phenoxy) is 3. The fourth-order valence-corrected chi connectivity index (χ4v) is 5.76. The number of carbonyl (C=O) groups excluding carboxylic acids is 2. The van der Waals surface area contributed by atoms with Gasteiger partial charge in [-0.15, -0.1) is 0 Å². The van der Waals surface area contributed by atoms with Crippen molar-refractivity contribution in [3.8, 4) is 17.2 Å². The first-order valence-corrected chi connectivity index (χ1v) is 14.0. The van der Waals surface area contributed by atoms with E-state index < -0.39 is 0 Å². The molecule has 1 unspecified atom stereocenters. The van der Waals surface area contributed by atoms with Crippen LogP contribution in [0.4, 0.5) is 0 Å². The maximum Gasteiger partial charge on any atom is 0.237 e. The number of nitrogens with zero attached hydrogens (tertiary/aromatic N) is 2. The smallest absolute Gasteiger partial charge is 0.237 e. The fourth-order valence-electron chi connectivity index (χ4n) is 5.76. The van der Waals surface area contributed by atoms with E-state index in [1.165, 1.54) is 29.8 Å². The van der Waals surface area contributed by atoms with Crippen LogP contribution >= 0.6 is 0 Å². The number of methoxy groups -OCH3 is 2. The number of amides is 2. The number of hydrogen-bond acceptors (Lipinski definition) is 6. The number of carbonyl (C=O) groups is 2. The third kappa shape index (κ3) is 6.31. The highest BCUT2D eigenvalue weighted by Crippen LogP contribution is 2.33. The Morgan fingerprint density at radius 2 is 1.52 bits per heavy atom. The normalized spacial score (nSPS) is 19.9. The monoisotopic (exact) mass is 542 g/mol. The summed E-state index contributed by atoms with van der Waals surface area (Å²) in [4.78, 5) is 29.8. The topological polar surface area (TPSA) is 68.3 Å². The molecule has 0 saturated carbocycles.